The summed E-state index contributed by atoms with van der Waals surface area (Å²) >= 11 is 0. The van der Waals surface area contributed by atoms with Crippen LogP contribution < -0.4 is 0 Å². The summed E-state index contributed by atoms with van der Waals surface area (Å²) in [7, 11) is -4.67. The maximum Gasteiger partial charge on any atom is 0.394 e. The topological polar surface area (TPSA) is 118 Å². The Morgan fingerprint density at radius 1 is 0.531 bits per heavy atom. The fraction of sp³-hybridized carbons (Fsp3) is 0.917. The van der Waals surface area contributed by atoms with Crippen molar-refractivity contribution in [2.45, 2.75) is 142 Å². The van der Waals surface area contributed by atoms with E-state index < -0.39 is 10.4 Å². The van der Waals surface area contributed by atoms with Gasteiger partial charge < -0.3 is 4.74 Å². The van der Waals surface area contributed by atoms with Crippen molar-refractivity contribution in [3.8, 4) is 0 Å². The van der Waals surface area contributed by atoms with Gasteiger partial charge in [0.05, 0.1) is 0 Å². The van der Waals surface area contributed by atoms with Gasteiger partial charge in [-0.1, -0.05) is 117 Å². The largest absolute Gasteiger partial charge is 0.394 e. The zero-order valence-corrected chi connectivity index (χ0v) is 21.3. The van der Waals surface area contributed by atoms with Gasteiger partial charge in [0, 0.05) is 12.8 Å². The molecule has 0 saturated carbocycles. The zero-order valence-electron chi connectivity index (χ0n) is 20.5. The summed E-state index contributed by atoms with van der Waals surface area (Å²) in [5.74, 6) is -0.669. The average molecular weight is 481 g/mol. The minimum absolute atomic E-state index is 0.334. The molecular weight excluding hydrogens is 432 g/mol. The third-order valence-electron chi connectivity index (χ3n) is 5.20. The summed E-state index contributed by atoms with van der Waals surface area (Å²) in [5.41, 5.74) is 0. The van der Waals surface area contributed by atoms with Crippen molar-refractivity contribution in [2.24, 2.45) is 0 Å². The van der Waals surface area contributed by atoms with Crippen molar-refractivity contribution in [3.05, 3.63) is 0 Å². The van der Waals surface area contributed by atoms with Crippen molar-refractivity contribution in [3.63, 3.8) is 0 Å². The predicted octanol–water partition coefficient (Wildman–Crippen LogP) is 7.25. The maximum atomic E-state index is 11.7. The number of esters is 2. The summed E-state index contributed by atoms with van der Waals surface area (Å²) < 4.78 is 36.5. The molecule has 0 fully saturated rings. The summed E-state index contributed by atoms with van der Waals surface area (Å²) in [6, 6.07) is 0. The molecule has 0 unspecified atom stereocenters. The van der Waals surface area contributed by atoms with Gasteiger partial charge in [-0.15, -0.1) is 0 Å². The lowest BCUT2D eigenvalue weighted by Gasteiger charge is -2.04. The van der Waals surface area contributed by atoms with Gasteiger partial charge >= 0.3 is 22.3 Å². The Morgan fingerprint density at radius 3 is 1.00 bits per heavy atom. The van der Waals surface area contributed by atoms with Crippen LogP contribution in [0.25, 0.3) is 0 Å². The first kappa shape index (κ1) is 33.2. The second-order valence-corrected chi connectivity index (χ2v) is 9.35. The number of unbranched alkanes of at least 4 members (excludes halogenated alkanes) is 16. The van der Waals surface area contributed by atoms with Crippen LogP contribution in [-0.2, 0) is 24.7 Å². The Kier molecular flexibility index (Phi) is 25.6. The Labute approximate surface area is 196 Å². The van der Waals surface area contributed by atoms with Crippen LogP contribution in [-0.4, -0.2) is 29.5 Å². The van der Waals surface area contributed by atoms with Crippen molar-refractivity contribution < 1.29 is 31.8 Å². The highest BCUT2D eigenvalue weighted by atomic mass is 32.3. The van der Waals surface area contributed by atoms with Gasteiger partial charge in [-0.3, -0.25) is 18.7 Å². The lowest BCUT2D eigenvalue weighted by molar-refractivity contribution is -0.159. The average Bonchev–Trinajstić information content (AvgIpc) is 2.70. The molecule has 8 heteroatoms. The van der Waals surface area contributed by atoms with E-state index in [4.69, 9.17) is 22.3 Å². The number of hydrogen-bond donors (Lipinski definition) is 2. The quantitative estimate of drug-likeness (QED) is 0.0815. The predicted molar refractivity (Wildman–Crippen MR) is 129 cm³/mol. The van der Waals surface area contributed by atoms with E-state index in [1.54, 1.807) is 0 Å². The minimum atomic E-state index is -4.67. The SMILES string of the molecule is CCCCCCCCCCCC(=O)OC(=O)CCCCCCCCCCC.O=S(=O)(O)O. The molecule has 0 aliphatic carbocycles. The molecule has 0 aliphatic rings. The highest BCUT2D eigenvalue weighted by molar-refractivity contribution is 7.79. The zero-order chi connectivity index (χ0) is 24.5. The third-order valence-corrected chi connectivity index (χ3v) is 5.20. The van der Waals surface area contributed by atoms with Crippen molar-refractivity contribution in [1.82, 2.24) is 0 Å². The molecule has 0 atom stereocenters. The van der Waals surface area contributed by atoms with E-state index in [1.807, 2.05) is 0 Å². The van der Waals surface area contributed by atoms with Gasteiger partial charge in [0.25, 0.3) is 0 Å². The van der Waals surface area contributed by atoms with E-state index in [-0.39, 0.29) is 11.9 Å². The van der Waals surface area contributed by atoms with E-state index >= 15 is 0 Å². The first-order chi connectivity index (χ1) is 15.2. The summed E-state index contributed by atoms with van der Waals surface area (Å²) in [6.45, 7) is 4.47. The molecule has 0 aromatic carbocycles. The Hall–Kier alpha value is -0.990. The van der Waals surface area contributed by atoms with Crippen LogP contribution in [0.3, 0.4) is 0 Å². The molecule has 0 rings (SSSR count). The van der Waals surface area contributed by atoms with Gasteiger partial charge in [-0.2, -0.15) is 8.42 Å². The van der Waals surface area contributed by atoms with Crippen molar-refractivity contribution in [1.29, 1.82) is 0 Å². The molecule has 0 aromatic heterocycles. The Bertz CT molecular complexity index is 492. The van der Waals surface area contributed by atoms with E-state index in [0.29, 0.717) is 12.8 Å². The molecule has 7 nitrogen and oxygen atoms in total. The molecular formula is C24H48O7S. The number of carbonyl (C=O) groups excluding carboxylic acids is 2. The number of hydrogen-bond acceptors (Lipinski definition) is 5. The fourth-order valence-electron chi connectivity index (χ4n) is 3.39. The molecule has 0 radical (unpaired) electrons. The van der Waals surface area contributed by atoms with Crippen LogP contribution in [0, 0.1) is 0 Å². The minimum Gasteiger partial charge on any atom is -0.393 e. The summed E-state index contributed by atoms with van der Waals surface area (Å²) in [6.07, 6.45) is 22.8. The first-order valence-corrected chi connectivity index (χ1v) is 14.0. The van der Waals surface area contributed by atoms with Crippen molar-refractivity contribution in [2.75, 3.05) is 0 Å². The maximum absolute atomic E-state index is 11.7. The standard InChI is InChI=1S/C24H46O3.H2O4S/c1-3-5-7-9-11-13-15-17-19-21-23(25)27-24(26)22-20-18-16-14-12-10-8-6-4-2;1-5(2,3)4/h3-22H2,1-2H3;(H2,1,2,3,4). The van der Waals surface area contributed by atoms with Crippen molar-refractivity contribution >= 4 is 22.3 Å². The van der Waals surface area contributed by atoms with Crippen LogP contribution in [0.1, 0.15) is 142 Å². The first-order valence-electron chi connectivity index (χ1n) is 12.6. The Balaban J connectivity index is 0. The second kappa shape index (κ2) is 24.6. The van der Waals surface area contributed by atoms with E-state index in [1.165, 1.54) is 89.9 Å². The van der Waals surface area contributed by atoms with Gasteiger partial charge in [0.2, 0.25) is 0 Å². The number of rotatable bonds is 20. The monoisotopic (exact) mass is 480 g/mol. The van der Waals surface area contributed by atoms with Crippen LogP contribution in [0.2, 0.25) is 0 Å². The molecule has 0 amide bonds. The van der Waals surface area contributed by atoms with Gasteiger partial charge in [0.1, 0.15) is 0 Å². The highest BCUT2D eigenvalue weighted by Crippen LogP contribution is 2.12. The van der Waals surface area contributed by atoms with Gasteiger partial charge in [-0.05, 0) is 12.8 Å². The second-order valence-electron chi connectivity index (χ2n) is 8.45. The van der Waals surface area contributed by atoms with E-state index in [2.05, 4.69) is 13.8 Å². The molecule has 0 saturated heterocycles. The smallest absolute Gasteiger partial charge is 0.393 e. The van der Waals surface area contributed by atoms with Crippen LogP contribution in [0.15, 0.2) is 0 Å². The highest BCUT2D eigenvalue weighted by Gasteiger charge is 2.09. The van der Waals surface area contributed by atoms with E-state index in [9.17, 15) is 9.59 Å². The molecule has 0 bridgehead atoms. The number of ether oxygens (including phenoxy) is 1. The molecule has 0 spiro atoms. The summed E-state index contributed by atoms with van der Waals surface area (Å²) in [5, 5.41) is 0. The van der Waals surface area contributed by atoms with Gasteiger partial charge in [0.15, 0.2) is 0 Å². The summed E-state index contributed by atoms with van der Waals surface area (Å²) in [4.78, 5) is 23.4. The molecule has 2 N–H and O–H groups in total. The van der Waals surface area contributed by atoms with Crippen LogP contribution in [0.4, 0.5) is 0 Å². The Morgan fingerprint density at radius 2 is 0.750 bits per heavy atom. The molecule has 0 aromatic rings. The molecule has 0 heterocycles. The van der Waals surface area contributed by atoms with Crippen LogP contribution >= 0.6 is 0 Å². The van der Waals surface area contributed by atoms with Gasteiger partial charge in [-0.25, -0.2) is 0 Å². The molecule has 0 aliphatic heterocycles. The van der Waals surface area contributed by atoms with E-state index in [0.717, 1.165) is 25.7 Å². The molecule has 32 heavy (non-hydrogen) atoms. The fourth-order valence-corrected chi connectivity index (χ4v) is 3.39. The molecule has 192 valence electrons. The number of carbonyl (C=O) groups is 2. The normalized spacial score (nSPS) is 11.0. The lowest BCUT2D eigenvalue weighted by atomic mass is 10.1. The van der Waals surface area contributed by atoms with Crippen LogP contribution in [0.5, 0.6) is 0 Å². The third kappa shape index (κ3) is 36.4. The lowest BCUT2D eigenvalue weighted by Crippen LogP contribution is -2.11.